The number of aliphatic hydroxyl groups excluding tert-OH is 1. The van der Waals surface area contributed by atoms with Crippen molar-refractivity contribution in [1.29, 1.82) is 0 Å². The van der Waals surface area contributed by atoms with Gasteiger partial charge in [0.05, 0.1) is 0 Å². The zero-order chi connectivity index (χ0) is 12.3. The molecule has 0 aliphatic rings. The van der Waals surface area contributed by atoms with E-state index in [0.29, 0.717) is 0 Å². The van der Waals surface area contributed by atoms with E-state index in [-0.39, 0.29) is 12.5 Å². The van der Waals surface area contributed by atoms with Crippen molar-refractivity contribution in [2.75, 3.05) is 6.54 Å². The molecule has 1 heterocycles. The normalized spacial score (nSPS) is 12.3. The highest BCUT2D eigenvalue weighted by Gasteiger charge is 2.11. The van der Waals surface area contributed by atoms with E-state index in [1.165, 1.54) is 17.4 Å². The van der Waals surface area contributed by atoms with Crippen molar-refractivity contribution in [2.45, 2.75) is 6.10 Å². The Kier molecular flexibility index (Phi) is 3.56. The number of thiophene rings is 1. The third-order valence-corrected chi connectivity index (χ3v) is 3.65. The first-order valence-electron chi connectivity index (χ1n) is 5.27. The van der Waals surface area contributed by atoms with E-state index >= 15 is 0 Å². The quantitative estimate of drug-likeness (QED) is 0.814. The number of hydrogen-bond donors (Lipinski definition) is 2. The van der Waals surface area contributed by atoms with Crippen LogP contribution in [-0.4, -0.2) is 17.6 Å². The van der Waals surface area contributed by atoms with Gasteiger partial charge in [0.15, 0.2) is 0 Å². The number of carbonyl (C=O) groups excluding carboxylic acids is 1. The average molecular weight is 247 g/mol. The second-order valence-electron chi connectivity index (χ2n) is 3.65. The Labute approximate surface area is 103 Å². The molecule has 2 N–H and O–H groups in total. The summed E-state index contributed by atoms with van der Waals surface area (Å²) in [6.45, 7) is 3.56. The lowest BCUT2D eigenvalue weighted by Gasteiger charge is -2.08. The molecule has 0 spiro atoms. The smallest absolute Gasteiger partial charge is 0.243 e. The van der Waals surface area contributed by atoms with Gasteiger partial charge in [-0.25, -0.2) is 0 Å². The summed E-state index contributed by atoms with van der Waals surface area (Å²) in [5, 5.41) is 13.6. The highest BCUT2D eigenvalue weighted by molar-refractivity contribution is 7.19. The molecule has 88 valence electrons. The third-order valence-electron chi connectivity index (χ3n) is 2.43. The lowest BCUT2D eigenvalue weighted by molar-refractivity contribution is -0.116. The Morgan fingerprint density at radius 3 is 3.00 bits per heavy atom. The van der Waals surface area contributed by atoms with Gasteiger partial charge in [-0.1, -0.05) is 24.8 Å². The number of amides is 1. The first-order valence-corrected chi connectivity index (χ1v) is 6.09. The molecule has 0 saturated heterocycles. The van der Waals surface area contributed by atoms with Crippen molar-refractivity contribution in [1.82, 2.24) is 5.32 Å². The van der Waals surface area contributed by atoms with Gasteiger partial charge in [0, 0.05) is 16.1 Å². The molecular weight excluding hydrogens is 234 g/mol. The van der Waals surface area contributed by atoms with Crippen LogP contribution in [0.25, 0.3) is 10.1 Å². The van der Waals surface area contributed by atoms with Gasteiger partial charge in [-0.15, -0.1) is 11.3 Å². The van der Waals surface area contributed by atoms with E-state index in [4.69, 9.17) is 0 Å². The summed E-state index contributed by atoms with van der Waals surface area (Å²) in [7, 11) is 0. The van der Waals surface area contributed by atoms with Crippen LogP contribution in [0.15, 0.2) is 43.0 Å². The summed E-state index contributed by atoms with van der Waals surface area (Å²) in [6.07, 6.45) is 0.522. The largest absolute Gasteiger partial charge is 0.386 e. The van der Waals surface area contributed by atoms with Gasteiger partial charge < -0.3 is 10.4 Å². The molecule has 1 unspecified atom stereocenters. The van der Waals surface area contributed by atoms with Crippen molar-refractivity contribution in [2.24, 2.45) is 0 Å². The van der Waals surface area contributed by atoms with Crippen molar-refractivity contribution in [3.05, 3.63) is 47.9 Å². The minimum atomic E-state index is -0.670. The summed E-state index contributed by atoms with van der Waals surface area (Å²) in [5.41, 5.74) is 0. The van der Waals surface area contributed by atoms with Crippen LogP contribution in [0.2, 0.25) is 0 Å². The SMILES string of the molecule is C=CC(=O)NCC(O)c1cc2ccccc2s1. The lowest BCUT2D eigenvalue weighted by atomic mass is 10.2. The zero-order valence-corrected chi connectivity index (χ0v) is 10.0. The predicted octanol–water partition coefficient (Wildman–Crippen LogP) is 2.24. The van der Waals surface area contributed by atoms with Crippen molar-refractivity contribution in [3.63, 3.8) is 0 Å². The van der Waals surface area contributed by atoms with E-state index in [0.717, 1.165) is 15.0 Å². The minimum Gasteiger partial charge on any atom is -0.386 e. The highest BCUT2D eigenvalue weighted by Crippen LogP contribution is 2.29. The second-order valence-corrected chi connectivity index (χ2v) is 4.77. The first-order chi connectivity index (χ1) is 8.20. The Hall–Kier alpha value is -1.65. The maximum atomic E-state index is 11.0. The molecule has 4 heteroatoms. The molecule has 0 saturated carbocycles. The van der Waals surface area contributed by atoms with Crippen LogP contribution in [0.1, 0.15) is 11.0 Å². The fourth-order valence-electron chi connectivity index (χ4n) is 1.54. The van der Waals surface area contributed by atoms with Gasteiger partial charge in [-0.05, 0) is 23.6 Å². The molecule has 0 radical (unpaired) electrons. The molecule has 2 aromatic rings. The van der Waals surface area contributed by atoms with E-state index in [2.05, 4.69) is 11.9 Å². The van der Waals surface area contributed by atoms with E-state index < -0.39 is 6.10 Å². The average Bonchev–Trinajstić information content (AvgIpc) is 2.79. The molecule has 0 aliphatic heterocycles. The lowest BCUT2D eigenvalue weighted by Crippen LogP contribution is -2.26. The molecule has 0 aliphatic carbocycles. The van der Waals surface area contributed by atoms with Gasteiger partial charge in [0.1, 0.15) is 6.10 Å². The second kappa shape index (κ2) is 5.12. The van der Waals surface area contributed by atoms with E-state index in [9.17, 15) is 9.90 Å². The summed E-state index contributed by atoms with van der Waals surface area (Å²) < 4.78 is 1.14. The highest BCUT2D eigenvalue weighted by atomic mass is 32.1. The fourth-order valence-corrected chi connectivity index (χ4v) is 2.59. The van der Waals surface area contributed by atoms with Gasteiger partial charge in [-0.3, -0.25) is 4.79 Å². The Morgan fingerprint density at radius 2 is 2.29 bits per heavy atom. The van der Waals surface area contributed by atoms with Crippen molar-refractivity contribution >= 4 is 27.3 Å². The maximum absolute atomic E-state index is 11.0. The zero-order valence-electron chi connectivity index (χ0n) is 9.22. The van der Waals surface area contributed by atoms with Crippen molar-refractivity contribution < 1.29 is 9.90 Å². The molecule has 2 rings (SSSR count). The minimum absolute atomic E-state index is 0.206. The topological polar surface area (TPSA) is 49.3 Å². The summed E-state index contributed by atoms with van der Waals surface area (Å²) in [5.74, 6) is -0.273. The molecule has 1 amide bonds. The number of nitrogens with one attached hydrogen (secondary N) is 1. The van der Waals surface area contributed by atoms with E-state index in [1.807, 2.05) is 30.3 Å². The maximum Gasteiger partial charge on any atom is 0.243 e. The van der Waals surface area contributed by atoms with Crippen LogP contribution in [0.3, 0.4) is 0 Å². The van der Waals surface area contributed by atoms with Crippen LogP contribution in [0.4, 0.5) is 0 Å². The van der Waals surface area contributed by atoms with E-state index in [1.54, 1.807) is 0 Å². The summed E-state index contributed by atoms with van der Waals surface area (Å²) >= 11 is 1.54. The van der Waals surface area contributed by atoms with Crippen LogP contribution in [0.5, 0.6) is 0 Å². The van der Waals surface area contributed by atoms with Crippen LogP contribution < -0.4 is 5.32 Å². The van der Waals surface area contributed by atoms with Crippen LogP contribution in [0, 0.1) is 0 Å². The number of aliphatic hydroxyl groups is 1. The van der Waals surface area contributed by atoms with Gasteiger partial charge in [-0.2, -0.15) is 0 Å². The molecule has 17 heavy (non-hydrogen) atoms. The number of carbonyl (C=O) groups is 1. The Morgan fingerprint density at radius 1 is 1.53 bits per heavy atom. The fraction of sp³-hybridized carbons (Fsp3) is 0.154. The number of rotatable bonds is 4. The van der Waals surface area contributed by atoms with Crippen LogP contribution >= 0.6 is 11.3 Å². The van der Waals surface area contributed by atoms with Crippen molar-refractivity contribution in [3.8, 4) is 0 Å². The summed E-state index contributed by atoms with van der Waals surface area (Å²) in [6, 6.07) is 9.90. The molecule has 0 fully saturated rings. The Bertz CT molecular complexity index is 514. The number of benzene rings is 1. The molecule has 0 bridgehead atoms. The van der Waals surface area contributed by atoms with Gasteiger partial charge in [0.2, 0.25) is 5.91 Å². The number of fused-ring (bicyclic) bond motifs is 1. The Balaban J connectivity index is 2.10. The standard InChI is InChI=1S/C13H13NO2S/c1-2-13(16)14-8-10(15)12-7-9-5-3-4-6-11(9)17-12/h2-7,10,15H,1,8H2,(H,14,16). The molecule has 1 aromatic carbocycles. The molecule has 3 nitrogen and oxygen atoms in total. The molecule has 1 aromatic heterocycles. The number of hydrogen-bond acceptors (Lipinski definition) is 3. The predicted molar refractivity (Wildman–Crippen MR) is 70.0 cm³/mol. The van der Waals surface area contributed by atoms with Crippen LogP contribution in [-0.2, 0) is 4.79 Å². The summed E-state index contributed by atoms with van der Waals surface area (Å²) in [4.78, 5) is 11.8. The third kappa shape index (κ3) is 2.72. The first kappa shape index (κ1) is 11.8. The molecule has 1 atom stereocenters. The molecular formula is C13H13NO2S. The monoisotopic (exact) mass is 247 g/mol. The van der Waals surface area contributed by atoms with Gasteiger partial charge >= 0.3 is 0 Å². The van der Waals surface area contributed by atoms with Gasteiger partial charge in [0.25, 0.3) is 0 Å².